The van der Waals surface area contributed by atoms with Gasteiger partial charge in [-0.3, -0.25) is 18.8 Å². The summed E-state index contributed by atoms with van der Waals surface area (Å²) in [5.74, 6) is 0.658. The molecule has 2 aromatic heterocycles. The molecule has 3 heterocycles. The number of carbonyl (C=O) groups is 1. The van der Waals surface area contributed by atoms with Crippen LogP contribution in [0.1, 0.15) is 63.0 Å². The Bertz CT molecular complexity index is 2380. The number of fused-ring (bicyclic) bond motifs is 2. The first-order valence-electron chi connectivity index (χ1n) is 20.2. The number of aromatic nitrogens is 2. The molecule has 1 saturated carbocycles. The topological polar surface area (TPSA) is 120 Å². The van der Waals surface area contributed by atoms with E-state index in [1.165, 1.54) is 4.90 Å². The van der Waals surface area contributed by atoms with Crippen molar-refractivity contribution in [2.24, 2.45) is 0 Å². The van der Waals surface area contributed by atoms with Crippen LogP contribution in [0.2, 0.25) is 0 Å². The van der Waals surface area contributed by atoms with Gasteiger partial charge >= 0.3 is 15.2 Å². The molecule has 1 fully saturated rings. The predicted octanol–water partition coefficient (Wildman–Crippen LogP) is 11.2. The molecule has 11 nitrogen and oxygen atoms in total. The van der Waals surface area contributed by atoms with Gasteiger partial charge in [-0.25, -0.2) is 9.97 Å². The van der Waals surface area contributed by atoms with E-state index in [4.69, 9.17) is 28.1 Å². The first-order valence-corrected chi connectivity index (χ1v) is 23.7. The summed E-state index contributed by atoms with van der Waals surface area (Å²) in [6, 6.07) is 41.9. The highest BCUT2D eigenvalue weighted by Crippen LogP contribution is 2.54. The number of rotatable bonds is 19. The van der Waals surface area contributed by atoms with Crippen molar-refractivity contribution in [3.8, 4) is 0 Å². The van der Waals surface area contributed by atoms with Gasteiger partial charge in [-0.15, -0.1) is 0 Å². The van der Waals surface area contributed by atoms with E-state index < -0.39 is 21.1 Å². The van der Waals surface area contributed by atoms with Crippen LogP contribution in [0, 0.1) is 6.92 Å². The van der Waals surface area contributed by atoms with E-state index in [-0.39, 0.29) is 44.9 Å². The highest BCUT2D eigenvalue weighted by Gasteiger charge is 2.43. The van der Waals surface area contributed by atoms with Crippen molar-refractivity contribution in [1.29, 1.82) is 0 Å². The molecule has 1 aliphatic heterocycles. The van der Waals surface area contributed by atoms with E-state index in [2.05, 4.69) is 0 Å². The van der Waals surface area contributed by atoms with Gasteiger partial charge < -0.3 is 23.0 Å². The summed E-state index contributed by atoms with van der Waals surface area (Å²) in [6.45, 7) is 2.27. The molecule has 0 bridgehead atoms. The van der Waals surface area contributed by atoms with E-state index in [1.54, 1.807) is 12.4 Å². The fourth-order valence-electron chi connectivity index (χ4n) is 7.12. The van der Waals surface area contributed by atoms with Gasteiger partial charge in [0.15, 0.2) is 5.82 Å². The summed E-state index contributed by atoms with van der Waals surface area (Å²) in [5, 5.41) is 0. The van der Waals surface area contributed by atoms with Crippen molar-refractivity contribution < 1.29 is 32.0 Å². The summed E-state index contributed by atoms with van der Waals surface area (Å²) in [6.07, 6.45) is 6.01. The minimum absolute atomic E-state index is 0.0261. The maximum atomic E-state index is 15.1. The molecule has 1 amide bonds. The quantitative estimate of drug-likeness (QED) is 0.0729. The van der Waals surface area contributed by atoms with E-state index in [9.17, 15) is 9.13 Å². The molecule has 0 atom stereocenters. The molecule has 0 radical (unpaired) electrons. The Balaban J connectivity index is 1.07. The highest BCUT2D eigenvalue weighted by molar-refractivity contribution is 7.54. The Morgan fingerprint density at radius 3 is 1.58 bits per heavy atom. The van der Waals surface area contributed by atoms with Crippen LogP contribution in [0.5, 0.6) is 0 Å². The summed E-state index contributed by atoms with van der Waals surface area (Å²) in [5.41, 5.74) is 5.87. The SMILES string of the molecule is Cc1ccnc2c1N(CP(=O)(OCc1ccccc1)OCc1ccccc1)C(=O)c1cc(CCCP(=O)(OCc3ccccc3)OCc3ccccc3)cnc1N2C1CC1. The highest BCUT2D eigenvalue weighted by atomic mass is 31.2. The van der Waals surface area contributed by atoms with Gasteiger partial charge in [0.05, 0.1) is 43.8 Å². The van der Waals surface area contributed by atoms with E-state index in [0.29, 0.717) is 35.7 Å². The van der Waals surface area contributed by atoms with Crippen LogP contribution in [-0.2, 0) is 60.1 Å². The first-order chi connectivity index (χ1) is 29.3. The van der Waals surface area contributed by atoms with Gasteiger partial charge in [0.25, 0.3) is 5.91 Å². The molecule has 13 heteroatoms. The molecular formula is C47H48N4O7P2. The lowest BCUT2D eigenvalue weighted by atomic mass is 10.1. The first kappa shape index (κ1) is 41.5. The lowest BCUT2D eigenvalue weighted by Gasteiger charge is -2.29. The molecule has 6 aromatic rings. The van der Waals surface area contributed by atoms with E-state index in [1.807, 2.05) is 145 Å². The van der Waals surface area contributed by atoms with Crippen molar-refractivity contribution in [2.45, 2.75) is 65.1 Å². The summed E-state index contributed by atoms with van der Waals surface area (Å²) >= 11 is 0. The average Bonchev–Trinajstić information content (AvgIpc) is 4.14. The minimum Gasteiger partial charge on any atom is -0.305 e. The van der Waals surface area contributed by atoms with Crippen molar-refractivity contribution in [1.82, 2.24) is 9.97 Å². The van der Waals surface area contributed by atoms with Crippen LogP contribution in [-0.4, -0.2) is 34.4 Å². The Hall–Kier alpha value is -5.25. The molecule has 4 aromatic carbocycles. The normalized spacial score (nSPS) is 14.1. The van der Waals surface area contributed by atoms with Gasteiger partial charge in [-0.05, 0) is 78.1 Å². The van der Waals surface area contributed by atoms with Crippen LogP contribution in [0.4, 0.5) is 17.3 Å². The van der Waals surface area contributed by atoms with Gasteiger partial charge in [0.2, 0.25) is 0 Å². The fraction of sp³-hybridized carbons (Fsp3) is 0.255. The van der Waals surface area contributed by atoms with Gasteiger partial charge in [0, 0.05) is 18.4 Å². The van der Waals surface area contributed by atoms with E-state index in [0.717, 1.165) is 46.2 Å². The predicted molar refractivity (Wildman–Crippen MR) is 233 cm³/mol. The molecule has 60 heavy (non-hydrogen) atoms. The molecule has 8 rings (SSSR count). The number of carbonyl (C=O) groups excluding carboxylic acids is 1. The summed E-state index contributed by atoms with van der Waals surface area (Å²) in [7, 11) is -7.57. The average molecular weight is 843 g/mol. The third-order valence-electron chi connectivity index (χ3n) is 10.4. The third kappa shape index (κ3) is 10.4. The molecule has 0 N–H and O–H groups in total. The number of nitrogens with zero attached hydrogens (tertiary/aromatic N) is 4. The standard InChI is InChI=1S/C47H48N4O7P2/c1-36-26-27-48-46-44(36)50(35-60(54,57-33-39-19-10-4-11-20-39)58-34-40-21-12-5-13-22-40)47(52)43-29-41(30-49-45(43)51(46)42-24-25-42)23-14-28-59(53,55-31-37-15-6-2-7-16-37)56-32-38-17-8-3-9-18-38/h2-13,15-22,26-27,29-30,42H,14,23-25,28,31-35H2,1H3. The van der Waals surface area contributed by atoms with Gasteiger partial charge in [-0.2, -0.15) is 0 Å². The van der Waals surface area contributed by atoms with Crippen LogP contribution in [0.25, 0.3) is 0 Å². The third-order valence-corrected chi connectivity index (χ3v) is 14.0. The molecule has 308 valence electrons. The fourth-order valence-corrected chi connectivity index (χ4v) is 10.2. The van der Waals surface area contributed by atoms with Crippen molar-refractivity contribution in [3.63, 3.8) is 0 Å². The molecule has 2 aliphatic rings. The lowest BCUT2D eigenvalue weighted by Crippen LogP contribution is -2.33. The van der Waals surface area contributed by atoms with Crippen LogP contribution >= 0.6 is 15.2 Å². The lowest BCUT2D eigenvalue weighted by molar-refractivity contribution is 0.0986. The maximum Gasteiger partial charge on any atom is 0.350 e. The van der Waals surface area contributed by atoms with Crippen LogP contribution in [0.15, 0.2) is 146 Å². The zero-order valence-corrected chi connectivity index (χ0v) is 35.3. The van der Waals surface area contributed by atoms with E-state index >= 15 is 4.79 Å². The molecule has 0 unspecified atom stereocenters. The van der Waals surface area contributed by atoms with Gasteiger partial charge in [0.1, 0.15) is 12.1 Å². The Morgan fingerprint density at radius 2 is 1.10 bits per heavy atom. The molecular weight excluding hydrogens is 794 g/mol. The second-order valence-electron chi connectivity index (χ2n) is 15.1. The Kier molecular flexibility index (Phi) is 13.1. The summed E-state index contributed by atoms with van der Waals surface area (Å²) in [4.78, 5) is 28.4. The second-order valence-corrected chi connectivity index (χ2v) is 19.3. The second kappa shape index (κ2) is 19.0. The minimum atomic E-state index is -4.02. The Morgan fingerprint density at radius 1 is 0.617 bits per heavy atom. The molecule has 0 saturated heterocycles. The number of amides is 1. The van der Waals surface area contributed by atoms with Crippen molar-refractivity contribution in [3.05, 3.63) is 185 Å². The zero-order valence-electron chi connectivity index (χ0n) is 33.5. The molecule has 0 spiro atoms. The van der Waals surface area contributed by atoms with Crippen molar-refractivity contribution in [2.75, 3.05) is 22.2 Å². The van der Waals surface area contributed by atoms with Gasteiger partial charge in [-0.1, -0.05) is 121 Å². The maximum absolute atomic E-state index is 15.1. The largest absolute Gasteiger partial charge is 0.350 e. The summed E-state index contributed by atoms with van der Waals surface area (Å²) < 4.78 is 53.7. The number of anilines is 3. The Labute approximate surface area is 351 Å². The monoisotopic (exact) mass is 842 g/mol. The number of hydrogen-bond acceptors (Lipinski definition) is 10. The van der Waals surface area contributed by atoms with Crippen LogP contribution in [0.3, 0.4) is 0 Å². The zero-order chi connectivity index (χ0) is 41.4. The number of pyridine rings is 2. The van der Waals surface area contributed by atoms with Crippen molar-refractivity contribution >= 4 is 38.4 Å². The number of hydrogen-bond donors (Lipinski definition) is 0. The molecule has 1 aliphatic carbocycles. The smallest absolute Gasteiger partial charge is 0.305 e. The van der Waals surface area contributed by atoms with Crippen LogP contribution < -0.4 is 9.80 Å². The number of aryl methyl sites for hydroxylation is 2. The number of benzene rings is 4.